The molecule has 0 aliphatic heterocycles. The van der Waals surface area contributed by atoms with E-state index in [9.17, 15) is 0 Å². The Kier molecular flexibility index (Phi) is 5.19. The molecule has 0 fully saturated rings. The van der Waals surface area contributed by atoms with E-state index in [0.717, 1.165) is 24.4 Å². The van der Waals surface area contributed by atoms with Gasteiger partial charge in [-0.2, -0.15) is 0 Å². The minimum Gasteiger partial charge on any atom is -0.412 e. The van der Waals surface area contributed by atoms with Crippen molar-refractivity contribution in [3.8, 4) is 0 Å². The molecule has 0 bridgehead atoms. The Morgan fingerprint density at radius 2 is 1.71 bits per heavy atom. The van der Waals surface area contributed by atoms with Crippen LogP contribution in [-0.2, 0) is 4.43 Å². The molecule has 2 N–H and O–H groups in total. The van der Waals surface area contributed by atoms with Gasteiger partial charge in [-0.1, -0.05) is 24.3 Å². The van der Waals surface area contributed by atoms with Crippen LogP contribution in [0.25, 0.3) is 0 Å². The molecule has 0 aliphatic carbocycles. The molecule has 0 unspecified atom stereocenters. The van der Waals surface area contributed by atoms with Gasteiger partial charge in [0.25, 0.3) is 0 Å². The largest absolute Gasteiger partial charge is 0.412 e. The molecule has 0 radical (unpaired) electrons. The molecule has 0 amide bonds. The van der Waals surface area contributed by atoms with Crippen LogP contribution in [0.15, 0.2) is 49.6 Å². The third-order valence-corrected chi connectivity index (χ3v) is 6.93. The van der Waals surface area contributed by atoms with Crippen LogP contribution in [0.1, 0.15) is 6.92 Å². The zero-order chi connectivity index (χ0) is 12.7. The monoisotopic (exact) mass is 247 g/mol. The summed E-state index contributed by atoms with van der Waals surface area (Å²) in [5.74, 6) is 0. The first kappa shape index (κ1) is 13.7. The lowest BCUT2D eigenvalue weighted by atomic mass is 10.3. The number of allylic oxidation sites excluding steroid dienone is 2. The molecule has 1 aromatic carbocycles. The third-order valence-electron chi connectivity index (χ3n) is 2.81. The highest BCUT2D eigenvalue weighted by Gasteiger charge is 2.34. The summed E-state index contributed by atoms with van der Waals surface area (Å²) in [6.07, 6.45) is 3.89. The standard InChI is InChI=1S/C14H21NOSi/c1-4-11-17(12-5-2,16-6-3)14-9-7-13(15)8-10-14/h4-5,7-10H,1-2,6,11-12,15H2,3H3. The van der Waals surface area contributed by atoms with Crippen LogP contribution < -0.4 is 10.9 Å². The molecule has 0 atom stereocenters. The van der Waals surface area contributed by atoms with Crippen molar-refractivity contribution in [3.63, 3.8) is 0 Å². The molecule has 3 heteroatoms. The second-order valence-electron chi connectivity index (χ2n) is 4.03. The molecular formula is C14H21NOSi. The molecule has 2 nitrogen and oxygen atoms in total. The number of nitrogen functional groups attached to an aromatic ring is 1. The molecule has 0 aliphatic rings. The second kappa shape index (κ2) is 6.42. The second-order valence-corrected chi connectivity index (χ2v) is 7.71. The van der Waals surface area contributed by atoms with Gasteiger partial charge in [0.15, 0.2) is 0 Å². The van der Waals surface area contributed by atoms with Crippen molar-refractivity contribution in [3.05, 3.63) is 49.6 Å². The van der Waals surface area contributed by atoms with Crippen LogP contribution in [0.3, 0.4) is 0 Å². The quantitative estimate of drug-likeness (QED) is 0.457. The van der Waals surface area contributed by atoms with Crippen LogP contribution in [-0.4, -0.2) is 14.9 Å². The van der Waals surface area contributed by atoms with Crippen molar-refractivity contribution in [2.75, 3.05) is 12.3 Å². The molecule has 92 valence electrons. The summed E-state index contributed by atoms with van der Waals surface area (Å²) in [5.41, 5.74) is 6.51. The van der Waals surface area contributed by atoms with Gasteiger partial charge in [0.2, 0.25) is 8.32 Å². The van der Waals surface area contributed by atoms with Gasteiger partial charge in [-0.25, -0.2) is 0 Å². The van der Waals surface area contributed by atoms with Crippen LogP contribution in [0, 0.1) is 0 Å². The first-order chi connectivity index (χ1) is 8.18. The van der Waals surface area contributed by atoms with Gasteiger partial charge in [0.1, 0.15) is 0 Å². The van der Waals surface area contributed by atoms with Crippen molar-refractivity contribution in [2.45, 2.75) is 19.0 Å². The topological polar surface area (TPSA) is 35.2 Å². The predicted molar refractivity (Wildman–Crippen MR) is 77.9 cm³/mol. The summed E-state index contributed by atoms with van der Waals surface area (Å²) in [5, 5.41) is 1.26. The lowest BCUT2D eigenvalue weighted by molar-refractivity contribution is 0.333. The Hall–Kier alpha value is -1.32. The Morgan fingerprint density at radius 3 is 2.12 bits per heavy atom. The number of benzene rings is 1. The van der Waals surface area contributed by atoms with E-state index in [1.165, 1.54) is 5.19 Å². The molecular weight excluding hydrogens is 226 g/mol. The van der Waals surface area contributed by atoms with Gasteiger partial charge < -0.3 is 10.2 Å². The maximum Gasteiger partial charge on any atom is 0.231 e. The minimum atomic E-state index is -1.99. The fourth-order valence-electron chi connectivity index (χ4n) is 2.05. The highest BCUT2D eigenvalue weighted by atomic mass is 28.4. The number of anilines is 1. The van der Waals surface area contributed by atoms with Gasteiger partial charge in [0, 0.05) is 12.3 Å². The summed E-state index contributed by atoms with van der Waals surface area (Å²) >= 11 is 0. The summed E-state index contributed by atoms with van der Waals surface area (Å²) in [4.78, 5) is 0. The van der Waals surface area contributed by atoms with Crippen molar-refractivity contribution in [2.24, 2.45) is 0 Å². The van der Waals surface area contributed by atoms with Crippen molar-refractivity contribution in [1.29, 1.82) is 0 Å². The highest BCUT2D eigenvalue weighted by Crippen LogP contribution is 2.19. The smallest absolute Gasteiger partial charge is 0.231 e. The average Bonchev–Trinajstić information content (AvgIpc) is 2.30. The van der Waals surface area contributed by atoms with Gasteiger partial charge in [-0.05, 0) is 36.3 Å². The first-order valence-electron chi connectivity index (χ1n) is 5.90. The molecule has 0 spiro atoms. The lowest BCUT2D eigenvalue weighted by Crippen LogP contribution is -2.50. The Morgan fingerprint density at radius 1 is 1.18 bits per heavy atom. The third kappa shape index (κ3) is 3.31. The Balaban J connectivity index is 3.13. The van der Waals surface area contributed by atoms with Crippen molar-refractivity contribution in [1.82, 2.24) is 0 Å². The summed E-state index contributed by atoms with van der Waals surface area (Å²) in [7, 11) is -1.99. The van der Waals surface area contributed by atoms with E-state index < -0.39 is 8.32 Å². The maximum atomic E-state index is 6.09. The molecule has 1 aromatic rings. The molecule has 1 rings (SSSR count). The Labute approximate surface area is 105 Å². The van der Waals surface area contributed by atoms with Crippen molar-refractivity contribution >= 4 is 19.2 Å². The van der Waals surface area contributed by atoms with Gasteiger partial charge in [-0.3, -0.25) is 0 Å². The molecule has 0 aromatic heterocycles. The van der Waals surface area contributed by atoms with E-state index in [1.54, 1.807) is 0 Å². The number of rotatable bonds is 7. The summed E-state index contributed by atoms with van der Waals surface area (Å²) < 4.78 is 6.09. The molecule has 0 heterocycles. The van der Waals surface area contributed by atoms with Crippen molar-refractivity contribution < 1.29 is 4.43 Å². The van der Waals surface area contributed by atoms with E-state index in [4.69, 9.17) is 10.2 Å². The number of nitrogens with two attached hydrogens (primary N) is 1. The van der Waals surface area contributed by atoms with Crippen LogP contribution in [0.4, 0.5) is 5.69 Å². The fourth-order valence-corrected chi connectivity index (χ4v) is 5.35. The highest BCUT2D eigenvalue weighted by molar-refractivity contribution is 6.87. The molecule has 17 heavy (non-hydrogen) atoms. The van der Waals surface area contributed by atoms with Crippen LogP contribution in [0.2, 0.25) is 12.1 Å². The first-order valence-corrected chi connectivity index (χ1v) is 8.22. The SMILES string of the molecule is C=CC[Si](CC=C)(OCC)c1ccc(N)cc1. The zero-order valence-electron chi connectivity index (χ0n) is 10.5. The molecule has 0 saturated carbocycles. The van der Waals surface area contributed by atoms with E-state index in [0.29, 0.717) is 0 Å². The van der Waals surface area contributed by atoms with E-state index >= 15 is 0 Å². The van der Waals surface area contributed by atoms with Crippen LogP contribution >= 0.6 is 0 Å². The molecule has 0 saturated heterocycles. The van der Waals surface area contributed by atoms with Crippen LogP contribution in [0.5, 0.6) is 0 Å². The van der Waals surface area contributed by atoms with E-state index in [-0.39, 0.29) is 0 Å². The lowest BCUT2D eigenvalue weighted by Gasteiger charge is -2.29. The zero-order valence-corrected chi connectivity index (χ0v) is 11.5. The maximum absolute atomic E-state index is 6.09. The number of hydrogen-bond acceptors (Lipinski definition) is 2. The summed E-state index contributed by atoms with van der Waals surface area (Å²) in [6.45, 7) is 10.5. The minimum absolute atomic E-state index is 0.721. The normalized spacial score (nSPS) is 11.1. The number of hydrogen-bond donors (Lipinski definition) is 1. The Bertz CT molecular complexity index is 362. The van der Waals surface area contributed by atoms with E-state index in [2.05, 4.69) is 25.3 Å². The predicted octanol–water partition coefficient (Wildman–Crippen LogP) is 2.83. The average molecular weight is 247 g/mol. The van der Waals surface area contributed by atoms with Gasteiger partial charge in [-0.15, -0.1) is 13.2 Å². The van der Waals surface area contributed by atoms with E-state index in [1.807, 2.05) is 31.2 Å². The van der Waals surface area contributed by atoms with Gasteiger partial charge in [0.05, 0.1) is 0 Å². The van der Waals surface area contributed by atoms with Gasteiger partial charge >= 0.3 is 0 Å². The fraction of sp³-hybridized carbons (Fsp3) is 0.286. The summed E-state index contributed by atoms with van der Waals surface area (Å²) in [6, 6.07) is 9.81.